The van der Waals surface area contributed by atoms with Gasteiger partial charge in [0, 0.05) is 24.6 Å². The Labute approximate surface area is 127 Å². The van der Waals surface area contributed by atoms with Gasteiger partial charge < -0.3 is 10.1 Å². The Morgan fingerprint density at radius 2 is 1.86 bits per heavy atom. The summed E-state index contributed by atoms with van der Waals surface area (Å²) in [7, 11) is 1.61. The standard InChI is InChI=1S/C16H14ClN3O/c1-21-16-5-2-11(8-13(16)17)10-20-12-3-4-14-15(9-12)19-7-6-18-14/h2-9,20H,10H2,1H3. The van der Waals surface area contributed by atoms with Gasteiger partial charge in [-0.25, -0.2) is 0 Å². The van der Waals surface area contributed by atoms with E-state index in [4.69, 9.17) is 16.3 Å². The number of methoxy groups -OCH3 is 1. The first kappa shape index (κ1) is 13.6. The molecule has 0 aliphatic rings. The van der Waals surface area contributed by atoms with E-state index in [9.17, 15) is 0 Å². The highest BCUT2D eigenvalue weighted by Crippen LogP contribution is 2.25. The normalized spacial score (nSPS) is 10.6. The highest BCUT2D eigenvalue weighted by atomic mass is 35.5. The summed E-state index contributed by atoms with van der Waals surface area (Å²) in [6.07, 6.45) is 3.38. The fourth-order valence-corrected chi connectivity index (χ4v) is 2.38. The molecule has 0 amide bonds. The minimum atomic E-state index is 0.612. The second-order valence-electron chi connectivity index (χ2n) is 4.58. The molecule has 0 saturated carbocycles. The molecule has 0 spiro atoms. The second-order valence-corrected chi connectivity index (χ2v) is 4.99. The summed E-state index contributed by atoms with van der Waals surface area (Å²) in [5.74, 6) is 0.682. The summed E-state index contributed by atoms with van der Waals surface area (Å²) in [5.41, 5.74) is 3.83. The summed E-state index contributed by atoms with van der Waals surface area (Å²) < 4.78 is 5.14. The third-order valence-corrected chi connectivity index (χ3v) is 3.48. The Bertz CT molecular complexity index is 776. The van der Waals surface area contributed by atoms with Gasteiger partial charge in [0.25, 0.3) is 0 Å². The number of benzene rings is 2. The van der Waals surface area contributed by atoms with Crippen molar-refractivity contribution < 1.29 is 4.74 Å². The third kappa shape index (κ3) is 3.06. The summed E-state index contributed by atoms with van der Waals surface area (Å²) in [6, 6.07) is 11.7. The Kier molecular flexibility index (Phi) is 3.88. The van der Waals surface area contributed by atoms with Crippen molar-refractivity contribution in [2.75, 3.05) is 12.4 Å². The molecule has 0 radical (unpaired) electrons. The van der Waals surface area contributed by atoms with Crippen LogP contribution in [-0.2, 0) is 6.54 Å². The molecule has 0 bridgehead atoms. The molecule has 4 nitrogen and oxygen atoms in total. The van der Waals surface area contributed by atoms with Gasteiger partial charge in [-0.1, -0.05) is 17.7 Å². The molecule has 1 heterocycles. The van der Waals surface area contributed by atoms with E-state index < -0.39 is 0 Å². The summed E-state index contributed by atoms with van der Waals surface area (Å²) in [5, 5.41) is 3.96. The summed E-state index contributed by atoms with van der Waals surface area (Å²) >= 11 is 6.12. The van der Waals surface area contributed by atoms with E-state index in [2.05, 4.69) is 15.3 Å². The highest BCUT2D eigenvalue weighted by molar-refractivity contribution is 6.32. The zero-order valence-electron chi connectivity index (χ0n) is 11.5. The van der Waals surface area contributed by atoms with Crippen molar-refractivity contribution in [3.63, 3.8) is 0 Å². The molecule has 1 aromatic heterocycles. The van der Waals surface area contributed by atoms with Crippen LogP contribution < -0.4 is 10.1 Å². The molecule has 0 fully saturated rings. The molecule has 5 heteroatoms. The van der Waals surface area contributed by atoms with Gasteiger partial charge in [-0.05, 0) is 35.9 Å². The molecular formula is C16H14ClN3O. The minimum absolute atomic E-state index is 0.612. The average Bonchev–Trinajstić information content (AvgIpc) is 2.53. The van der Waals surface area contributed by atoms with Crippen molar-refractivity contribution in [2.24, 2.45) is 0 Å². The van der Waals surface area contributed by atoms with Gasteiger partial charge in [0.15, 0.2) is 0 Å². The molecule has 0 unspecified atom stereocenters. The number of aromatic nitrogens is 2. The number of ether oxygens (including phenoxy) is 1. The minimum Gasteiger partial charge on any atom is -0.495 e. The first-order chi connectivity index (χ1) is 10.3. The Morgan fingerprint density at radius 3 is 2.62 bits per heavy atom. The molecule has 3 rings (SSSR count). The first-order valence-corrected chi connectivity index (χ1v) is 6.91. The third-order valence-electron chi connectivity index (χ3n) is 3.18. The van der Waals surface area contributed by atoms with Gasteiger partial charge in [-0.15, -0.1) is 0 Å². The molecule has 21 heavy (non-hydrogen) atoms. The van der Waals surface area contributed by atoms with Crippen LogP contribution in [0.15, 0.2) is 48.8 Å². The van der Waals surface area contributed by atoms with E-state index in [-0.39, 0.29) is 0 Å². The van der Waals surface area contributed by atoms with E-state index in [0.29, 0.717) is 17.3 Å². The Hall–Kier alpha value is -2.33. The molecule has 3 aromatic rings. The maximum atomic E-state index is 6.12. The maximum absolute atomic E-state index is 6.12. The lowest BCUT2D eigenvalue weighted by Gasteiger charge is -2.09. The largest absolute Gasteiger partial charge is 0.495 e. The van der Waals surface area contributed by atoms with Crippen LogP contribution in [0.25, 0.3) is 11.0 Å². The monoisotopic (exact) mass is 299 g/mol. The van der Waals surface area contributed by atoms with E-state index in [1.165, 1.54) is 0 Å². The number of fused-ring (bicyclic) bond motifs is 1. The van der Waals surface area contributed by atoms with Crippen molar-refractivity contribution >= 4 is 28.3 Å². The number of hydrogen-bond acceptors (Lipinski definition) is 4. The van der Waals surface area contributed by atoms with Crippen molar-refractivity contribution in [2.45, 2.75) is 6.54 Å². The van der Waals surface area contributed by atoms with Crippen LogP contribution in [0.1, 0.15) is 5.56 Å². The van der Waals surface area contributed by atoms with Crippen molar-refractivity contribution in [1.82, 2.24) is 9.97 Å². The number of nitrogens with one attached hydrogen (secondary N) is 1. The summed E-state index contributed by atoms with van der Waals surface area (Å²) in [6.45, 7) is 0.676. The lowest BCUT2D eigenvalue weighted by molar-refractivity contribution is 0.415. The van der Waals surface area contributed by atoms with Gasteiger partial charge in [0.1, 0.15) is 5.75 Å². The smallest absolute Gasteiger partial charge is 0.137 e. The van der Waals surface area contributed by atoms with E-state index >= 15 is 0 Å². The quantitative estimate of drug-likeness (QED) is 0.793. The Morgan fingerprint density at radius 1 is 1.05 bits per heavy atom. The van der Waals surface area contributed by atoms with Gasteiger partial charge in [0.2, 0.25) is 0 Å². The van der Waals surface area contributed by atoms with Gasteiger partial charge in [0.05, 0.1) is 23.2 Å². The molecule has 2 aromatic carbocycles. The van der Waals surface area contributed by atoms with Crippen molar-refractivity contribution in [3.8, 4) is 5.75 Å². The predicted molar refractivity (Wildman–Crippen MR) is 84.9 cm³/mol. The predicted octanol–water partition coefficient (Wildman–Crippen LogP) is 3.90. The van der Waals surface area contributed by atoms with Gasteiger partial charge in [-0.3, -0.25) is 9.97 Å². The van der Waals surface area contributed by atoms with Crippen molar-refractivity contribution in [3.05, 3.63) is 59.4 Å². The molecular weight excluding hydrogens is 286 g/mol. The topological polar surface area (TPSA) is 47.0 Å². The zero-order valence-corrected chi connectivity index (χ0v) is 12.3. The van der Waals surface area contributed by atoms with Crippen LogP contribution in [0.4, 0.5) is 5.69 Å². The lowest BCUT2D eigenvalue weighted by Crippen LogP contribution is -2.00. The van der Waals surface area contributed by atoms with E-state index in [1.54, 1.807) is 19.5 Å². The molecule has 0 atom stereocenters. The van der Waals surface area contributed by atoms with E-state index in [1.807, 2.05) is 36.4 Å². The lowest BCUT2D eigenvalue weighted by atomic mass is 10.2. The van der Waals surface area contributed by atoms with Crippen LogP contribution in [0, 0.1) is 0 Å². The highest BCUT2D eigenvalue weighted by Gasteiger charge is 2.02. The van der Waals surface area contributed by atoms with Crippen LogP contribution in [0.3, 0.4) is 0 Å². The molecule has 0 aliphatic heterocycles. The Balaban J connectivity index is 1.75. The second kappa shape index (κ2) is 5.97. The van der Waals surface area contributed by atoms with Gasteiger partial charge >= 0.3 is 0 Å². The van der Waals surface area contributed by atoms with Gasteiger partial charge in [-0.2, -0.15) is 0 Å². The molecule has 1 N–H and O–H groups in total. The average molecular weight is 300 g/mol. The van der Waals surface area contributed by atoms with Crippen molar-refractivity contribution in [1.29, 1.82) is 0 Å². The fourth-order valence-electron chi connectivity index (χ4n) is 2.10. The maximum Gasteiger partial charge on any atom is 0.137 e. The molecule has 106 valence electrons. The van der Waals surface area contributed by atoms with Crippen LogP contribution in [0.2, 0.25) is 5.02 Å². The number of rotatable bonds is 4. The number of anilines is 1. The SMILES string of the molecule is COc1ccc(CNc2ccc3nccnc3c2)cc1Cl. The zero-order chi connectivity index (χ0) is 14.7. The first-order valence-electron chi connectivity index (χ1n) is 6.53. The number of halogens is 1. The number of nitrogens with zero attached hydrogens (tertiary/aromatic N) is 2. The fraction of sp³-hybridized carbons (Fsp3) is 0.125. The van der Waals surface area contributed by atoms with Crippen LogP contribution >= 0.6 is 11.6 Å². The summed E-state index contributed by atoms with van der Waals surface area (Å²) in [4.78, 5) is 8.54. The van der Waals surface area contributed by atoms with E-state index in [0.717, 1.165) is 22.3 Å². The number of hydrogen-bond donors (Lipinski definition) is 1. The van der Waals surface area contributed by atoms with Crippen LogP contribution in [-0.4, -0.2) is 17.1 Å². The molecule has 0 saturated heterocycles. The van der Waals surface area contributed by atoms with Crippen LogP contribution in [0.5, 0.6) is 5.75 Å². The molecule has 0 aliphatic carbocycles.